The van der Waals surface area contributed by atoms with Crippen LogP contribution in [0.4, 0.5) is 0 Å². The van der Waals surface area contributed by atoms with Crippen LogP contribution in [-0.2, 0) is 4.84 Å². The number of carbonyl (C=O) groups excluding carboxylic acids is 1. The van der Waals surface area contributed by atoms with Gasteiger partial charge < -0.3 is 25.2 Å². The molecule has 0 aliphatic rings. The first-order chi connectivity index (χ1) is 13.8. The van der Waals surface area contributed by atoms with E-state index < -0.39 is 11.9 Å². The monoisotopic (exact) mass is 400 g/mol. The Morgan fingerprint density at radius 1 is 0.966 bits per heavy atom. The van der Waals surface area contributed by atoms with Crippen LogP contribution in [0.1, 0.15) is 46.0 Å². The van der Waals surface area contributed by atoms with Crippen molar-refractivity contribution in [2.75, 3.05) is 14.2 Å². The number of carbonyl (C=O) groups is 2. The normalized spacial score (nSPS) is 12.4. The molecule has 2 aromatic rings. The lowest BCUT2D eigenvalue weighted by Gasteiger charge is -2.20. The van der Waals surface area contributed by atoms with E-state index in [-0.39, 0.29) is 28.8 Å². The third-order valence-corrected chi connectivity index (χ3v) is 4.36. The molecule has 0 aliphatic heterocycles. The second-order valence-corrected chi connectivity index (χ2v) is 6.61. The summed E-state index contributed by atoms with van der Waals surface area (Å²) < 4.78 is 10.3. The van der Waals surface area contributed by atoms with Gasteiger partial charge in [0.1, 0.15) is 5.84 Å². The Bertz CT molecular complexity index is 906. The second-order valence-electron chi connectivity index (χ2n) is 6.61. The molecule has 0 heterocycles. The fourth-order valence-corrected chi connectivity index (χ4v) is 2.90. The van der Waals surface area contributed by atoms with Gasteiger partial charge in [0, 0.05) is 5.92 Å². The van der Waals surface area contributed by atoms with Crippen LogP contribution in [-0.4, -0.2) is 37.1 Å². The van der Waals surface area contributed by atoms with Gasteiger partial charge in [-0.25, -0.2) is 9.59 Å². The van der Waals surface area contributed by atoms with Crippen LogP contribution < -0.4 is 15.2 Å². The lowest BCUT2D eigenvalue weighted by Crippen LogP contribution is -2.27. The Morgan fingerprint density at radius 2 is 1.55 bits per heavy atom. The highest BCUT2D eigenvalue weighted by Crippen LogP contribution is 2.28. The smallest absolute Gasteiger partial charge is 0.365 e. The maximum atomic E-state index is 12.3. The Balaban J connectivity index is 2.20. The molecule has 0 radical (unpaired) electrons. The van der Waals surface area contributed by atoms with E-state index in [9.17, 15) is 9.59 Å². The van der Waals surface area contributed by atoms with E-state index >= 15 is 0 Å². The molecule has 0 spiro atoms. The first kappa shape index (κ1) is 21.7. The summed E-state index contributed by atoms with van der Waals surface area (Å²) in [6.07, 6.45) is 0. The molecular formula is C21H24N2O6. The summed E-state index contributed by atoms with van der Waals surface area (Å²) in [7, 11) is 2.96. The number of methoxy groups -OCH3 is 2. The number of hydrogen-bond acceptors (Lipinski definition) is 6. The van der Waals surface area contributed by atoms with Crippen LogP contribution >= 0.6 is 0 Å². The van der Waals surface area contributed by atoms with Crippen molar-refractivity contribution in [3.63, 3.8) is 0 Å². The molecule has 0 aliphatic carbocycles. The third-order valence-electron chi connectivity index (χ3n) is 4.36. The zero-order valence-corrected chi connectivity index (χ0v) is 16.7. The van der Waals surface area contributed by atoms with Gasteiger partial charge in [-0.3, -0.25) is 0 Å². The maximum Gasteiger partial charge on any atom is 0.365 e. The molecule has 2 rings (SSSR count). The van der Waals surface area contributed by atoms with E-state index in [1.807, 2.05) is 13.8 Å². The number of ether oxygens (including phenoxy) is 2. The Hall–Kier alpha value is -3.55. The molecule has 0 saturated heterocycles. The van der Waals surface area contributed by atoms with Crippen LogP contribution in [0.2, 0.25) is 0 Å². The SMILES string of the molecule is COc1ccc(C(=O)O/N=C(\N)C(c2ccc(C(=O)O)cc2)C(C)C)cc1OC. The maximum absolute atomic E-state index is 12.3. The molecule has 8 heteroatoms. The Labute approximate surface area is 168 Å². The minimum absolute atomic E-state index is 0.0363. The topological polar surface area (TPSA) is 120 Å². The molecule has 1 unspecified atom stereocenters. The molecular weight excluding hydrogens is 376 g/mol. The minimum Gasteiger partial charge on any atom is -0.493 e. The molecule has 1 atom stereocenters. The number of carboxylic acid groups (broad SMARTS) is 1. The first-order valence-corrected chi connectivity index (χ1v) is 8.88. The summed E-state index contributed by atoms with van der Waals surface area (Å²) in [5, 5.41) is 12.8. The van der Waals surface area contributed by atoms with Crippen LogP contribution in [0.5, 0.6) is 11.5 Å². The molecule has 0 bridgehead atoms. The summed E-state index contributed by atoms with van der Waals surface area (Å²) in [6, 6.07) is 10.9. The summed E-state index contributed by atoms with van der Waals surface area (Å²) in [5.41, 5.74) is 7.26. The number of carboxylic acids is 1. The fourth-order valence-electron chi connectivity index (χ4n) is 2.90. The lowest BCUT2D eigenvalue weighted by molar-refractivity contribution is 0.0512. The molecule has 2 aromatic carbocycles. The van der Waals surface area contributed by atoms with Gasteiger partial charge in [0.25, 0.3) is 0 Å². The Morgan fingerprint density at radius 3 is 2.07 bits per heavy atom. The number of amidine groups is 1. The average Bonchev–Trinajstić information content (AvgIpc) is 2.71. The van der Waals surface area contributed by atoms with Crippen molar-refractivity contribution >= 4 is 17.8 Å². The zero-order chi connectivity index (χ0) is 21.6. The zero-order valence-electron chi connectivity index (χ0n) is 16.7. The summed E-state index contributed by atoms with van der Waals surface area (Å²) in [4.78, 5) is 28.4. The van der Waals surface area contributed by atoms with Crippen LogP contribution in [0.25, 0.3) is 0 Å². The molecule has 29 heavy (non-hydrogen) atoms. The van der Waals surface area contributed by atoms with Gasteiger partial charge in [0.05, 0.1) is 25.3 Å². The summed E-state index contributed by atoms with van der Waals surface area (Å²) in [5.74, 6) is -1.04. The van der Waals surface area contributed by atoms with E-state index in [1.54, 1.807) is 18.2 Å². The largest absolute Gasteiger partial charge is 0.493 e. The lowest BCUT2D eigenvalue weighted by atomic mass is 9.87. The quantitative estimate of drug-likeness (QED) is 0.302. The van der Waals surface area contributed by atoms with E-state index in [0.717, 1.165) is 5.56 Å². The predicted molar refractivity (Wildman–Crippen MR) is 108 cm³/mol. The summed E-state index contributed by atoms with van der Waals surface area (Å²) in [6.45, 7) is 3.88. The highest BCUT2D eigenvalue weighted by molar-refractivity contribution is 5.92. The number of benzene rings is 2. The van der Waals surface area contributed by atoms with Gasteiger partial charge in [-0.05, 0) is 41.8 Å². The first-order valence-electron chi connectivity index (χ1n) is 8.88. The van der Waals surface area contributed by atoms with Crippen molar-refractivity contribution in [2.45, 2.75) is 19.8 Å². The standard InChI is InChI=1S/C21H24N2O6/c1-12(2)18(13-5-7-14(8-6-13)20(24)25)19(22)23-29-21(26)15-9-10-16(27-3)17(11-15)28-4/h5-12,18H,1-4H3,(H2,22,23)(H,24,25). The van der Waals surface area contributed by atoms with E-state index in [1.165, 1.54) is 38.5 Å². The number of rotatable bonds is 8. The number of oxime groups is 1. The highest BCUT2D eigenvalue weighted by atomic mass is 16.7. The van der Waals surface area contributed by atoms with Crippen LogP contribution in [0.3, 0.4) is 0 Å². The van der Waals surface area contributed by atoms with Crippen LogP contribution in [0.15, 0.2) is 47.6 Å². The Kier molecular flexibility index (Phi) is 7.19. The van der Waals surface area contributed by atoms with E-state index in [2.05, 4.69) is 5.16 Å². The van der Waals surface area contributed by atoms with Gasteiger partial charge >= 0.3 is 11.9 Å². The third kappa shape index (κ3) is 5.25. The fraction of sp³-hybridized carbons (Fsp3) is 0.286. The number of nitrogens with zero attached hydrogens (tertiary/aromatic N) is 1. The molecule has 154 valence electrons. The van der Waals surface area contributed by atoms with Gasteiger partial charge in [0.2, 0.25) is 0 Å². The number of hydrogen-bond donors (Lipinski definition) is 2. The van der Waals surface area contributed by atoms with Gasteiger partial charge in [0.15, 0.2) is 11.5 Å². The van der Waals surface area contributed by atoms with Crippen molar-refractivity contribution in [3.05, 3.63) is 59.2 Å². The molecule has 0 fully saturated rings. The van der Waals surface area contributed by atoms with E-state index in [0.29, 0.717) is 11.5 Å². The van der Waals surface area contributed by atoms with Gasteiger partial charge in [-0.15, -0.1) is 0 Å². The van der Waals surface area contributed by atoms with Crippen molar-refractivity contribution < 1.29 is 29.0 Å². The second kappa shape index (κ2) is 9.59. The predicted octanol–water partition coefficient (Wildman–Crippen LogP) is 3.27. The van der Waals surface area contributed by atoms with E-state index in [4.69, 9.17) is 25.2 Å². The van der Waals surface area contributed by atoms with Gasteiger partial charge in [-0.1, -0.05) is 31.1 Å². The highest BCUT2D eigenvalue weighted by Gasteiger charge is 2.22. The van der Waals surface area contributed by atoms with Crippen molar-refractivity contribution in [1.29, 1.82) is 0 Å². The van der Waals surface area contributed by atoms with Crippen molar-refractivity contribution in [1.82, 2.24) is 0 Å². The van der Waals surface area contributed by atoms with Gasteiger partial charge in [-0.2, -0.15) is 0 Å². The molecule has 0 amide bonds. The molecule has 3 N–H and O–H groups in total. The van der Waals surface area contributed by atoms with Crippen LogP contribution in [0, 0.1) is 5.92 Å². The minimum atomic E-state index is -1.01. The molecule has 8 nitrogen and oxygen atoms in total. The van der Waals surface area contributed by atoms with Crippen molar-refractivity contribution in [3.8, 4) is 11.5 Å². The number of nitrogens with two attached hydrogens (primary N) is 1. The number of aromatic carboxylic acids is 1. The van der Waals surface area contributed by atoms with Crippen molar-refractivity contribution in [2.24, 2.45) is 16.8 Å². The molecule has 0 saturated carbocycles. The average molecular weight is 400 g/mol. The molecule has 0 aromatic heterocycles. The summed E-state index contributed by atoms with van der Waals surface area (Å²) >= 11 is 0.